The van der Waals surface area contributed by atoms with Gasteiger partial charge in [0.15, 0.2) is 17.1 Å². The molecule has 0 aliphatic carbocycles. The van der Waals surface area contributed by atoms with Crippen LogP contribution in [0.1, 0.15) is 89.0 Å². The summed E-state index contributed by atoms with van der Waals surface area (Å²) in [6, 6.07) is 47.8. The molecule has 38 nitrogen and oxygen atoms in total. The van der Waals surface area contributed by atoms with Gasteiger partial charge in [0.1, 0.15) is 79.4 Å². The molecular formula is C98H122BCl5I4N23NaO15S3. The zero-order valence-corrected chi connectivity index (χ0v) is 96.5. The maximum Gasteiger partial charge on any atom is 1.00 e. The van der Waals surface area contributed by atoms with Crippen LogP contribution in [0.25, 0.3) is 66.4 Å². The molecule has 0 bridgehead atoms. The van der Waals surface area contributed by atoms with Crippen molar-refractivity contribution in [1.29, 1.82) is 0 Å². The Hall–Kier alpha value is -8.10. The van der Waals surface area contributed by atoms with Crippen molar-refractivity contribution in [3.8, 4) is 11.3 Å². The van der Waals surface area contributed by atoms with E-state index in [0.29, 0.717) is 40.3 Å². The number of benzene rings is 5. The summed E-state index contributed by atoms with van der Waals surface area (Å²) in [5.41, 5.74) is 24.7. The van der Waals surface area contributed by atoms with E-state index in [-0.39, 0.29) is 95.6 Å². The Morgan fingerprint density at radius 2 is 0.847 bits per heavy atom. The quantitative estimate of drug-likeness (QED) is 0.00947. The molecule has 0 spiro atoms. The predicted octanol–water partition coefficient (Wildman–Crippen LogP) is 14.9. The number of fused-ring (bicyclic) bond motifs is 5. The third-order valence-corrected chi connectivity index (χ3v) is 29.4. The smallest absolute Gasteiger partial charge is 0.850 e. The van der Waals surface area contributed by atoms with E-state index in [4.69, 9.17) is 113 Å². The number of H-pyrrole nitrogens is 3. The Morgan fingerprint density at radius 1 is 0.473 bits per heavy atom. The van der Waals surface area contributed by atoms with Gasteiger partial charge in [-0.25, -0.2) is 93.0 Å². The van der Waals surface area contributed by atoms with Gasteiger partial charge < -0.3 is 90.8 Å². The fraction of sp³-hybridized carbons (Fsp3) is 0.327. The summed E-state index contributed by atoms with van der Waals surface area (Å²) in [6.45, 7) is 21.2. The minimum absolute atomic E-state index is 0. The van der Waals surface area contributed by atoms with Gasteiger partial charge in [0, 0.05) is 124 Å². The molecule has 5 aromatic carbocycles. The number of aromatic nitrogens is 15. The SMILES string of the molecule is C.C.C.C.C1CCOC1.C1CCOC1.C1CCOC1.C1COCCN1.CC(C)(C)[O-].Clc1ncnc2[nH]ccc12.Ic1cc2c(N3CCOCC3)ncnc2[nH]1.NC=NC1=NC(I)=C/C1=C\Cl.Nc1ccc(-c2cc3c(N4CCOCC4)ncnc3[nH]2)cc1.Nc1ccc(B(O)O)cc1.O=S(=O)(Cl)c1ccccc1.O=S(=O)(c1ccccc1)n1c(I)cc2c(Cl)ncnc21.O=S(=O)(c1ccccc1)n1c(I)cc2c(Cl)ncnc21.[Na+]. The van der Waals surface area contributed by atoms with Crippen LogP contribution in [0.4, 0.5) is 23.0 Å². The number of aromatic amines is 3. The minimum Gasteiger partial charge on any atom is -0.850 e. The average molecular weight is 2680 g/mol. The molecule has 17 heterocycles. The van der Waals surface area contributed by atoms with Crippen molar-refractivity contribution in [2.45, 2.75) is 109 Å². The van der Waals surface area contributed by atoms with Crippen molar-refractivity contribution in [2.24, 2.45) is 15.7 Å². The second-order valence-corrected chi connectivity index (χ2v) is 43.7. The van der Waals surface area contributed by atoms with E-state index in [1.807, 2.05) is 81.6 Å². The van der Waals surface area contributed by atoms with Gasteiger partial charge in [0.05, 0.1) is 98.7 Å². The first-order chi connectivity index (χ1) is 69.6. The van der Waals surface area contributed by atoms with Crippen LogP contribution in [0.15, 0.2) is 253 Å². The van der Waals surface area contributed by atoms with Gasteiger partial charge in [-0.1, -0.05) is 176 Å². The van der Waals surface area contributed by atoms with Crippen molar-refractivity contribution in [3.05, 3.63) is 255 Å². The fourth-order valence-electron chi connectivity index (χ4n) is 13.2. The van der Waals surface area contributed by atoms with Crippen molar-refractivity contribution >= 4 is 279 Å². The van der Waals surface area contributed by atoms with Crippen LogP contribution in [0.5, 0.6) is 0 Å². The molecule has 15 aromatic rings. The number of halogens is 9. The molecule has 0 radical (unpaired) electrons. The van der Waals surface area contributed by atoms with Gasteiger partial charge in [0.2, 0.25) is 0 Å². The van der Waals surface area contributed by atoms with Crippen molar-refractivity contribution in [2.75, 3.05) is 140 Å². The van der Waals surface area contributed by atoms with Gasteiger partial charge >= 0.3 is 36.7 Å². The van der Waals surface area contributed by atoms with E-state index in [0.717, 1.165) is 193 Å². The third kappa shape index (κ3) is 42.5. The van der Waals surface area contributed by atoms with Crippen LogP contribution in [0.3, 0.4) is 0 Å². The molecule has 804 valence electrons. The summed E-state index contributed by atoms with van der Waals surface area (Å²) >= 11 is 31.4. The third-order valence-electron chi connectivity index (χ3n) is 20.1. The van der Waals surface area contributed by atoms with Crippen LogP contribution in [0.2, 0.25) is 15.5 Å². The number of rotatable bonds is 9. The molecule has 52 heteroatoms. The first-order valence-corrected chi connectivity index (χ1v) is 55.9. The van der Waals surface area contributed by atoms with Crippen molar-refractivity contribution < 1.29 is 98.4 Å². The molecule has 0 amide bonds. The van der Waals surface area contributed by atoms with E-state index >= 15 is 0 Å². The predicted molar refractivity (Wildman–Crippen MR) is 631 cm³/mol. The molecule has 7 aliphatic rings. The molecule has 6 saturated heterocycles. The van der Waals surface area contributed by atoms with Gasteiger partial charge in [-0.3, -0.25) is 0 Å². The van der Waals surface area contributed by atoms with E-state index in [1.165, 1.54) is 89.5 Å². The molecular weight excluding hydrogens is 2550 g/mol. The molecule has 22 rings (SSSR count). The molecule has 10 aromatic heterocycles. The monoisotopic (exact) mass is 2670 g/mol. The number of nitrogens with one attached hydrogen (secondary N) is 4. The second kappa shape index (κ2) is 68.3. The van der Waals surface area contributed by atoms with Crippen LogP contribution in [-0.2, 0) is 57.5 Å². The van der Waals surface area contributed by atoms with Crippen LogP contribution < -0.4 is 72.4 Å². The van der Waals surface area contributed by atoms with Crippen molar-refractivity contribution in [1.82, 2.24) is 78.1 Å². The molecule has 6 fully saturated rings. The maximum absolute atomic E-state index is 12.7. The van der Waals surface area contributed by atoms with E-state index in [1.54, 1.807) is 155 Å². The molecule has 7 aliphatic heterocycles. The number of nitrogens with two attached hydrogens (primary N) is 3. The van der Waals surface area contributed by atoms with Crippen LogP contribution in [-0.4, -0.2) is 251 Å². The number of anilines is 4. The zero-order valence-electron chi connectivity index (χ0n) is 79.6. The van der Waals surface area contributed by atoms with Crippen LogP contribution >= 0.6 is 147 Å². The number of morpholine rings is 3. The summed E-state index contributed by atoms with van der Waals surface area (Å²) in [6.07, 6.45) is 19.6. The minimum atomic E-state index is -3.71. The first-order valence-electron chi connectivity index (χ1n) is 44.8. The van der Waals surface area contributed by atoms with Gasteiger partial charge in [-0.2, -0.15) is 0 Å². The number of ether oxygens (including phenoxy) is 6. The Balaban J connectivity index is 0.000000293. The fourth-order valence-corrected chi connectivity index (χ4v) is 21.2. The van der Waals surface area contributed by atoms with Crippen LogP contribution in [0, 0.1) is 11.1 Å². The molecule has 12 N–H and O–H groups in total. The maximum atomic E-state index is 12.7. The van der Waals surface area contributed by atoms with Crippen molar-refractivity contribution in [3.63, 3.8) is 0 Å². The number of hydrogen-bond donors (Lipinski definition) is 9. The average Bonchev–Trinajstić information content (AvgIpc) is 1.59. The largest absolute Gasteiger partial charge is 1.00 e. The van der Waals surface area contributed by atoms with E-state index in [9.17, 15) is 30.4 Å². The number of amidine groups is 1. The standard InChI is InChI=1S/C16H17N5O.2C12H7ClIN3O2S.C10H11IN4O.C6H8BNO2.C6H5ClIN3.C6H4ClN3.C6H5ClO2S.C4H9NO.3C4H8O.C4H9O.4CH4.Na/c17-12-3-1-11(2-4-12)14-9-13-15(20-14)18-10-19-16(13)21-5-7-22-8-6-21;2*13-11-9-6-10(14)17(12(9)16-7-15-11)20(18,19)8-4-2-1-3-5-8;11-8-5-7-9(14-8)12-6-13-10(7)15-1-3-16-4-2-15;8-6-3-1-5(2-4-6)7(9)10;7-2-4-1-5(8)11-6(4)10-3-9;7-5-4-1-2-8-6(4)10-3-9-5;7-10(8,9)6-4-2-1-3-5-6;1-3-6-4-2-5-1;3*1-2-4-5-3-1;1-4(2,3)5;;;;;/h1-4,9-10H,5-8,17H2,(H,18,19,20);2*1-7H;5-6H,1-4H2,(H,12,13,14);1-4,9-10H,8H2;1-3H,(H2,9,10,11);1-3H,(H,8,9,10);1-5H;5H,1-4H2;3*1-4H2;1-3H3;4*1H4;/q;;;;;;;;;;;;-1;;;;;+1/b;;;;;4-2+;;;;;;;;;;;;. The van der Waals surface area contributed by atoms with Gasteiger partial charge in [-0.15, -0.1) is 5.60 Å². The molecule has 0 saturated carbocycles. The topological polar surface area (TPSA) is 529 Å². The second-order valence-electron chi connectivity index (χ2n) is 31.8. The summed E-state index contributed by atoms with van der Waals surface area (Å²) < 4.78 is 108. The normalized spacial score (nSPS) is 14.6. The van der Waals surface area contributed by atoms with Gasteiger partial charge in [0.25, 0.3) is 29.1 Å². The number of nitrogen functional groups attached to an aromatic ring is 2. The first kappa shape index (κ1) is 132. The summed E-state index contributed by atoms with van der Waals surface area (Å²) in [5, 5.41) is 35.5. The zero-order chi connectivity index (χ0) is 104. The molecule has 150 heavy (non-hydrogen) atoms. The Labute approximate surface area is 976 Å². The Morgan fingerprint density at radius 3 is 1.21 bits per heavy atom. The van der Waals surface area contributed by atoms with E-state index < -0.39 is 41.8 Å². The summed E-state index contributed by atoms with van der Waals surface area (Å²) in [4.78, 5) is 63.4. The number of aliphatic imine (C=N–C) groups is 2. The van der Waals surface area contributed by atoms with E-state index in [2.05, 4.69) is 147 Å². The number of nitrogens with zero attached hydrogens (tertiary/aromatic N) is 16. The summed E-state index contributed by atoms with van der Waals surface area (Å²) in [5.74, 6) is 2.53. The summed E-state index contributed by atoms with van der Waals surface area (Å²) in [7, 11) is -7.32. The number of hydrogen-bond acceptors (Lipinski definition) is 32. The molecule has 0 unspecified atom stereocenters. The Bertz CT molecular complexity index is 6850. The Kier molecular flexibility index (Phi) is 60.3. The molecule has 0 atom stereocenters. The van der Waals surface area contributed by atoms with Gasteiger partial charge in [-0.05, 0) is 237 Å².